The van der Waals surface area contributed by atoms with Crippen LogP contribution in [0, 0.1) is 31.1 Å². The van der Waals surface area contributed by atoms with E-state index in [2.05, 4.69) is 10.2 Å². The zero-order valence-electron chi connectivity index (χ0n) is 6.21. The van der Waals surface area contributed by atoms with Crippen molar-refractivity contribution in [3.05, 3.63) is 5.32 Å². The molecule has 0 aromatic rings. The monoisotopic (exact) mass is 363 g/mol. The Kier molecular flexibility index (Phi) is 3.73. The third-order valence-corrected chi connectivity index (χ3v) is 2.38. The molecule has 0 aromatic heterocycles. The van der Waals surface area contributed by atoms with Gasteiger partial charge in [0, 0.05) is 31.1 Å². The molecule has 0 amide bonds. The molecule has 0 aromatic carbocycles. The van der Waals surface area contributed by atoms with E-state index in [1.165, 1.54) is 25.9 Å². The number of rotatable bonds is 0. The third-order valence-electron chi connectivity index (χ3n) is 2.38. The van der Waals surface area contributed by atoms with Gasteiger partial charge in [-0.1, -0.05) is 0 Å². The maximum absolute atomic E-state index is 4.38. The third kappa shape index (κ3) is 1.77. The fraction of sp³-hybridized carbons (Fsp3) is 1.00. The standard InChI is InChI=1S/C7H13N2.U/c1-2-7-6-8-3-5-9(7)4-1;/h7H,1-6H2;/q-1;. The Morgan fingerprint density at radius 2 is 2.20 bits per heavy atom. The van der Waals surface area contributed by atoms with E-state index in [0.29, 0.717) is 0 Å². The summed E-state index contributed by atoms with van der Waals surface area (Å²) < 4.78 is 0. The van der Waals surface area contributed by atoms with Crippen molar-refractivity contribution in [2.75, 3.05) is 26.2 Å². The maximum atomic E-state index is 4.38. The Morgan fingerprint density at radius 1 is 1.30 bits per heavy atom. The van der Waals surface area contributed by atoms with Crippen molar-refractivity contribution in [1.29, 1.82) is 0 Å². The van der Waals surface area contributed by atoms with Crippen LogP contribution < -0.4 is 0 Å². The topological polar surface area (TPSA) is 17.3 Å². The summed E-state index contributed by atoms with van der Waals surface area (Å²) in [7, 11) is 0. The number of fused-ring (bicyclic) bond motifs is 1. The van der Waals surface area contributed by atoms with E-state index in [9.17, 15) is 0 Å². The Morgan fingerprint density at radius 3 is 3.00 bits per heavy atom. The van der Waals surface area contributed by atoms with E-state index in [0.717, 1.165) is 19.1 Å². The minimum Gasteiger partial charge on any atom is -0.660 e. The second kappa shape index (κ2) is 4.11. The van der Waals surface area contributed by atoms with Gasteiger partial charge >= 0.3 is 0 Å². The van der Waals surface area contributed by atoms with Gasteiger partial charge in [0.25, 0.3) is 0 Å². The van der Waals surface area contributed by atoms with Crippen molar-refractivity contribution in [2.24, 2.45) is 0 Å². The molecule has 2 aliphatic heterocycles. The van der Waals surface area contributed by atoms with E-state index < -0.39 is 0 Å². The molecular formula is C7H13N2U-. The van der Waals surface area contributed by atoms with E-state index in [1.54, 1.807) is 0 Å². The Bertz CT molecular complexity index is 95.8. The van der Waals surface area contributed by atoms with E-state index in [1.807, 2.05) is 0 Å². The van der Waals surface area contributed by atoms with Crippen molar-refractivity contribution in [3.63, 3.8) is 0 Å². The Hall–Kier alpha value is 0.972. The molecule has 1 atom stereocenters. The first-order valence-corrected chi connectivity index (χ1v) is 3.84. The van der Waals surface area contributed by atoms with E-state index in [4.69, 9.17) is 0 Å². The van der Waals surface area contributed by atoms with Gasteiger partial charge in [-0.2, -0.15) is 0 Å². The van der Waals surface area contributed by atoms with Crippen LogP contribution in [0.15, 0.2) is 0 Å². The fourth-order valence-electron chi connectivity index (χ4n) is 1.84. The van der Waals surface area contributed by atoms with Gasteiger partial charge in [-0.25, -0.2) is 0 Å². The van der Waals surface area contributed by atoms with Crippen molar-refractivity contribution >= 4 is 0 Å². The second-order valence-electron chi connectivity index (χ2n) is 2.96. The zero-order valence-corrected chi connectivity index (χ0v) is 10.4. The van der Waals surface area contributed by atoms with Crippen LogP contribution in [0.4, 0.5) is 0 Å². The Labute approximate surface area is 86.1 Å². The van der Waals surface area contributed by atoms with Crippen LogP contribution in [0.3, 0.4) is 0 Å². The predicted molar refractivity (Wildman–Crippen MR) is 37.7 cm³/mol. The summed E-state index contributed by atoms with van der Waals surface area (Å²) in [5.41, 5.74) is 0. The average molecular weight is 363 g/mol. The van der Waals surface area contributed by atoms with Crippen LogP contribution in [0.1, 0.15) is 12.8 Å². The largest absolute Gasteiger partial charge is 0.660 e. The van der Waals surface area contributed by atoms with Gasteiger partial charge in [0.15, 0.2) is 0 Å². The summed E-state index contributed by atoms with van der Waals surface area (Å²) in [5.74, 6) is 0. The van der Waals surface area contributed by atoms with Crippen LogP contribution in [0.25, 0.3) is 5.32 Å². The first-order chi connectivity index (χ1) is 4.47. The molecule has 2 heterocycles. The second-order valence-corrected chi connectivity index (χ2v) is 2.96. The summed E-state index contributed by atoms with van der Waals surface area (Å²) >= 11 is 0. The van der Waals surface area contributed by atoms with Gasteiger partial charge in [0.2, 0.25) is 0 Å². The van der Waals surface area contributed by atoms with Crippen molar-refractivity contribution < 1.29 is 31.1 Å². The molecule has 2 aliphatic rings. The molecule has 0 aliphatic carbocycles. The molecule has 0 spiro atoms. The van der Waals surface area contributed by atoms with Gasteiger partial charge in [-0.05, 0) is 32.0 Å². The molecule has 0 saturated carbocycles. The van der Waals surface area contributed by atoms with Crippen LogP contribution >= 0.6 is 0 Å². The smallest absolute Gasteiger partial charge is 0 e. The normalized spacial score (nSPS) is 33.0. The predicted octanol–water partition coefficient (Wildman–Crippen LogP) is 0.838. The molecule has 0 N–H and O–H groups in total. The number of hydrogen-bond donors (Lipinski definition) is 0. The molecule has 2 fully saturated rings. The quantitative estimate of drug-likeness (QED) is 0.624. The SMILES string of the molecule is C1CC2C[N-]CCN2C1.[U]. The molecule has 2 rings (SSSR count). The first kappa shape index (κ1) is 9.06. The zero-order chi connectivity index (χ0) is 6.10. The summed E-state index contributed by atoms with van der Waals surface area (Å²) in [5, 5.41) is 4.38. The van der Waals surface area contributed by atoms with Crippen molar-refractivity contribution in [1.82, 2.24) is 4.90 Å². The van der Waals surface area contributed by atoms with Crippen molar-refractivity contribution in [3.8, 4) is 0 Å². The fourth-order valence-corrected chi connectivity index (χ4v) is 1.84. The number of hydrogen-bond acceptors (Lipinski definition) is 1. The van der Waals surface area contributed by atoms with Gasteiger partial charge in [-0.3, -0.25) is 0 Å². The van der Waals surface area contributed by atoms with Crippen LogP contribution in [0.5, 0.6) is 0 Å². The molecular weight excluding hydrogens is 350 g/mol. The summed E-state index contributed by atoms with van der Waals surface area (Å²) in [4.78, 5) is 2.58. The minimum atomic E-state index is 0. The van der Waals surface area contributed by atoms with Crippen LogP contribution in [-0.2, 0) is 0 Å². The first-order valence-electron chi connectivity index (χ1n) is 3.84. The van der Waals surface area contributed by atoms with Gasteiger partial charge < -0.3 is 10.2 Å². The van der Waals surface area contributed by atoms with E-state index in [-0.39, 0.29) is 31.1 Å². The summed E-state index contributed by atoms with van der Waals surface area (Å²) in [6, 6.07) is 0.832. The summed E-state index contributed by atoms with van der Waals surface area (Å²) in [6.45, 7) is 4.75. The molecule has 2 nitrogen and oxygen atoms in total. The molecule has 0 bridgehead atoms. The summed E-state index contributed by atoms with van der Waals surface area (Å²) in [6.07, 6.45) is 2.80. The average Bonchev–Trinajstić information content (AvgIpc) is 2.33. The number of piperazine rings is 1. The maximum Gasteiger partial charge on any atom is 0 e. The minimum absolute atomic E-state index is 0. The van der Waals surface area contributed by atoms with Gasteiger partial charge in [-0.15, -0.1) is 13.1 Å². The molecule has 2 saturated heterocycles. The molecule has 56 valence electrons. The van der Waals surface area contributed by atoms with Gasteiger partial charge in [0.05, 0.1) is 0 Å². The Balaban J connectivity index is 0.000000500. The number of nitrogens with zero attached hydrogens (tertiary/aromatic N) is 2. The van der Waals surface area contributed by atoms with Gasteiger partial charge in [0.1, 0.15) is 0 Å². The van der Waals surface area contributed by atoms with E-state index >= 15 is 0 Å². The molecule has 3 heteroatoms. The van der Waals surface area contributed by atoms with Crippen LogP contribution in [-0.4, -0.2) is 37.1 Å². The molecule has 0 radical (unpaired) electrons. The molecule has 1 unspecified atom stereocenters. The van der Waals surface area contributed by atoms with Crippen LogP contribution in [0.2, 0.25) is 0 Å². The van der Waals surface area contributed by atoms with Crippen molar-refractivity contribution in [2.45, 2.75) is 18.9 Å². The molecule has 10 heavy (non-hydrogen) atoms.